The molecule has 0 aromatic rings. The standard InChI is InChI=1S/C19H34O4.H2/c1-8-17(21)23-19(7,14-16(4)5)10-9-18(6,13-15(2)3)22-12-11-20;/h9-10,15-16,20-21H,1,11-14H2,2-7H3;1H. The molecular formula is C19H36O4. The lowest BCUT2D eigenvalue weighted by atomic mass is 9.88. The Morgan fingerprint density at radius 2 is 1.61 bits per heavy atom. The van der Waals surface area contributed by atoms with Crippen molar-refractivity contribution in [3.8, 4) is 0 Å². The highest BCUT2D eigenvalue weighted by Gasteiger charge is 2.29. The maximum atomic E-state index is 9.65. The van der Waals surface area contributed by atoms with Crippen molar-refractivity contribution in [1.82, 2.24) is 0 Å². The zero-order chi connectivity index (χ0) is 18.1. The molecule has 0 aromatic carbocycles. The van der Waals surface area contributed by atoms with E-state index in [4.69, 9.17) is 14.6 Å². The quantitative estimate of drug-likeness (QED) is 0.330. The SMILES string of the molecule is C=C=C(O)OC(C)(C=CC(C)(CC(C)C)OCCO)CC(C)C.[HH]. The summed E-state index contributed by atoms with van der Waals surface area (Å²) in [7, 11) is 0. The third-order valence-corrected chi connectivity index (χ3v) is 3.42. The molecule has 0 aliphatic carbocycles. The van der Waals surface area contributed by atoms with Crippen molar-refractivity contribution in [2.24, 2.45) is 11.8 Å². The summed E-state index contributed by atoms with van der Waals surface area (Å²) in [6.07, 6.45) is 5.46. The van der Waals surface area contributed by atoms with Crippen LogP contribution < -0.4 is 0 Å². The van der Waals surface area contributed by atoms with E-state index in [0.29, 0.717) is 11.8 Å². The van der Waals surface area contributed by atoms with Crippen LogP contribution >= 0.6 is 0 Å². The molecule has 2 unspecified atom stereocenters. The van der Waals surface area contributed by atoms with Gasteiger partial charge in [-0.15, -0.1) is 0 Å². The van der Waals surface area contributed by atoms with Gasteiger partial charge < -0.3 is 19.7 Å². The van der Waals surface area contributed by atoms with Crippen LogP contribution in [0.25, 0.3) is 0 Å². The largest absolute Gasteiger partial charge is 0.475 e. The molecular weight excluding hydrogens is 292 g/mol. The predicted octanol–water partition coefficient (Wildman–Crippen LogP) is 4.61. The molecule has 0 saturated heterocycles. The lowest BCUT2D eigenvalue weighted by molar-refractivity contribution is -0.0336. The van der Waals surface area contributed by atoms with Gasteiger partial charge in [-0.05, 0) is 56.9 Å². The molecule has 0 fully saturated rings. The lowest BCUT2D eigenvalue weighted by Crippen LogP contribution is -2.33. The van der Waals surface area contributed by atoms with Gasteiger partial charge in [0.2, 0.25) is 0 Å². The number of rotatable bonds is 11. The van der Waals surface area contributed by atoms with Crippen molar-refractivity contribution in [1.29, 1.82) is 0 Å². The van der Waals surface area contributed by atoms with Gasteiger partial charge >= 0.3 is 5.95 Å². The minimum absolute atomic E-state index is 0. The molecule has 0 amide bonds. The van der Waals surface area contributed by atoms with Gasteiger partial charge in [-0.2, -0.15) is 0 Å². The fourth-order valence-corrected chi connectivity index (χ4v) is 2.83. The highest BCUT2D eigenvalue weighted by atomic mass is 16.6. The van der Waals surface area contributed by atoms with Gasteiger partial charge in [-0.3, -0.25) is 0 Å². The monoisotopic (exact) mass is 328 g/mol. The fraction of sp³-hybridized carbons (Fsp3) is 0.737. The fourth-order valence-electron chi connectivity index (χ4n) is 2.83. The summed E-state index contributed by atoms with van der Waals surface area (Å²) >= 11 is 0. The van der Waals surface area contributed by atoms with Crippen LogP contribution in [0.3, 0.4) is 0 Å². The Morgan fingerprint density at radius 3 is 2.04 bits per heavy atom. The first-order chi connectivity index (χ1) is 10.6. The van der Waals surface area contributed by atoms with Crippen LogP contribution in [0, 0.1) is 11.8 Å². The van der Waals surface area contributed by atoms with Gasteiger partial charge in [0, 0.05) is 1.43 Å². The Kier molecular flexibility index (Phi) is 9.29. The maximum absolute atomic E-state index is 9.65. The van der Waals surface area contributed by atoms with Gasteiger partial charge in [0.15, 0.2) is 0 Å². The van der Waals surface area contributed by atoms with E-state index in [1.54, 1.807) is 0 Å². The Balaban J connectivity index is 0. The summed E-state index contributed by atoms with van der Waals surface area (Å²) in [6, 6.07) is 0. The summed E-state index contributed by atoms with van der Waals surface area (Å²) in [5.74, 6) is 0.527. The van der Waals surface area contributed by atoms with Gasteiger partial charge in [0.25, 0.3) is 0 Å². The highest BCUT2D eigenvalue weighted by molar-refractivity contribution is 5.09. The zero-order valence-electron chi connectivity index (χ0n) is 15.6. The molecule has 0 heterocycles. The summed E-state index contributed by atoms with van der Waals surface area (Å²) in [6.45, 7) is 16.0. The van der Waals surface area contributed by atoms with Gasteiger partial charge in [0.1, 0.15) is 5.60 Å². The first kappa shape index (κ1) is 21.8. The average molecular weight is 328 g/mol. The molecule has 0 aliphatic rings. The molecule has 0 spiro atoms. The van der Waals surface area contributed by atoms with Crippen molar-refractivity contribution in [2.45, 2.75) is 65.6 Å². The van der Waals surface area contributed by atoms with Gasteiger partial charge in [0.05, 0.1) is 18.8 Å². The molecule has 0 aliphatic heterocycles. The van der Waals surface area contributed by atoms with E-state index in [2.05, 4.69) is 40.0 Å². The van der Waals surface area contributed by atoms with Crippen molar-refractivity contribution < 1.29 is 21.1 Å². The molecule has 0 saturated carbocycles. The van der Waals surface area contributed by atoms with Crippen LogP contribution in [-0.4, -0.2) is 34.6 Å². The molecule has 136 valence electrons. The highest BCUT2D eigenvalue weighted by Crippen LogP contribution is 2.29. The first-order valence-corrected chi connectivity index (χ1v) is 8.29. The number of hydrogen-bond acceptors (Lipinski definition) is 4. The molecule has 4 nitrogen and oxygen atoms in total. The third kappa shape index (κ3) is 9.50. The van der Waals surface area contributed by atoms with E-state index in [0.717, 1.165) is 12.8 Å². The van der Waals surface area contributed by atoms with E-state index in [9.17, 15) is 5.11 Å². The van der Waals surface area contributed by atoms with Gasteiger partial charge in [-0.1, -0.05) is 33.8 Å². The van der Waals surface area contributed by atoms with Crippen molar-refractivity contribution in [3.63, 3.8) is 0 Å². The summed E-state index contributed by atoms with van der Waals surface area (Å²) in [4.78, 5) is 0. The Labute approximate surface area is 143 Å². The summed E-state index contributed by atoms with van der Waals surface area (Å²) in [5, 5.41) is 18.7. The average Bonchev–Trinajstić information content (AvgIpc) is 2.41. The lowest BCUT2D eigenvalue weighted by Gasteiger charge is -2.32. The Bertz CT molecular complexity index is 427. The van der Waals surface area contributed by atoms with Crippen LogP contribution in [0.15, 0.2) is 30.4 Å². The number of hydrogen-bond donors (Lipinski definition) is 2. The van der Waals surface area contributed by atoms with E-state index in [-0.39, 0.29) is 20.6 Å². The van der Waals surface area contributed by atoms with E-state index in [1.165, 1.54) is 0 Å². The minimum Gasteiger partial charge on any atom is -0.475 e. The Hall–Kier alpha value is -1.22. The second-order valence-corrected chi connectivity index (χ2v) is 7.31. The van der Waals surface area contributed by atoms with Crippen molar-refractivity contribution >= 4 is 0 Å². The molecule has 4 heteroatoms. The number of aliphatic hydroxyl groups is 2. The molecule has 2 atom stereocenters. The van der Waals surface area contributed by atoms with E-state index >= 15 is 0 Å². The third-order valence-electron chi connectivity index (χ3n) is 3.42. The van der Waals surface area contributed by atoms with Crippen molar-refractivity contribution in [3.05, 3.63) is 30.4 Å². The Morgan fingerprint density at radius 1 is 1.13 bits per heavy atom. The normalized spacial score (nSPS) is 17.1. The van der Waals surface area contributed by atoms with Crippen LogP contribution in [0.2, 0.25) is 0 Å². The van der Waals surface area contributed by atoms with E-state index in [1.807, 2.05) is 26.0 Å². The topological polar surface area (TPSA) is 58.9 Å². The van der Waals surface area contributed by atoms with Crippen LogP contribution in [-0.2, 0) is 9.47 Å². The molecule has 23 heavy (non-hydrogen) atoms. The number of ether oxygens (including phenoxy) is 2. The zero-order valence-corrected chi connectivity index (χ0v) is 15.6. The molecule has 0 radical (unpaired) electrons. The minimum atomic E-state index is -0.677. The van der Waals surface area contributed by atoms with Crippen molar-refractivity contribution in [2.75, 3.05) is 13.2 Å². The molecule has 0 bridgehead atoms. The molecule has 0 rings (SSSR count). The summed E-state index contributed by atoms with van der Waals surface area (Å²) < 4.78 is 11.4. The second kappa shape index (κ2) is 9.82. The summed E-state index contributed by atoms with van der Waals surface area (Å²) in [5.41, 5.74) is 1.19. The first-order valence-electron chi connectivity index (χ1n) is 8.29. The molecule has 0 aromatic heterocycles. The second-order valence-electron chi connectivity index (χ2n) is 7.31. The predicted molar refractivity (Wildman–Crippen MR) is 96.4 cm³/mol. The van der Waals surface area contributed by atoms with Crippen LogP contribution in [0.1, 0.15) is 55.8 Å². The molecule has 2 N–H and O–H groups in total. The van der Waals surface area contributed by atoms with Crippen LogP contribution in [0.4, 0.5) is 0 Å². The van der Waals surface area contributed by atoms with Gasteiger partial charge in [-0.25, -0.2) is 0 Å². The van der Waals surface area contributed by atoms with E-state index < -0.39 is 11.2 Å². The maximum Gasteiger partial charge on any atom is 0.325 e. The number of aliphatic hydroxyl groups excluding tert-OH is 2. The van der Waals surface area contributed by atoms with Crippen LogP contribution in [0.5, 0.6) is 0 Å². The smallest absolute Gasteiger partial charge is 0.325 e.